The standard InChI is InChI=1S/C21H26N4O2/c1-15(2)18-6-4-5-7-19(18)23-20-9-8-17(14-22-20)21(27)25-12-10-24(11-13-25)16(3)26/h4-9,14-15H,10-13H2,1-3H3,(H,22,23). The molecule has 0 unspecified atom stereocenters. The van der Waals surface area contributed by atoms with Gasteiger partial charge in [-0.1, -0.05) is 32.0 Å². The van der Waals surface area contributed by atoms with Gasteiger partial charge in [0.15, 0.2) is 0 Å². The Bertz CT molecular complexity index is 809. The van der Waals surface area contributed by atoms with Gasteiger partial charge < -0.3 is 15.1 Å². The molecule has 1 saturated heterocycles. The maximum Gasteiger partial charge on any atom is 0.255 e. The van der Waals surface area contributed by atoms with Crippen LogP contribution in [-0.2, 0) is 4.79 Å². The summed E-state index contributed by atoms with van der Waals surface area (Å²) in [7, 11) is 0. The first-order valence-corrected chi connectivity index (χ1v) is 9.32. The van der Waals surface area contributed by atoms with Gasteiger partial charge >= 0.3 is 0 Å². The molecule has 27 heavy (non-hydrogen) atoms. The van der Waals surface area contributed by atoms with Crippen LogP contribution in [0.5, 0.6) is 0 Å². The molecule has 1 aromatic heterocycles. The lowest BCUT2D eigenvalue weighted by atomic mass is 10.0. The molecule has 2 amide bonds. The van der Waals surface area contributed by atoms with Gasteiger partial charge in [0.05, 0.1) is 5.56 Å². The highest BCUT2D eigenvalue weighted by molar-refractivity contribution is 5.94. The van der Waals surface area contributed by atoms with Crippen molar-refractivity contribution < 1.29 is 9.59 Å². The predicted molar refractivity (Wildman–Crippen MR) is 106 cm³/mol. The van der Waals surface area contributed by atoms with E-state index < -0.39 is 0 Å². The first-order chi connectivity index (χ1) is 13.0. The normalized spacial score (nSPS) is 14.4. The summed E-state index contributed by atoms with van der Waals surface area (Å²) in [4.78, 5) is 32.0. The maximum absolute atomic E-state index is 12.7. The molecule has 2 aromatic rings. The number of para-hydroxylation sites is 1. The third kappa shape index (κ3) is 4.45. The number of benzene rings is 1. The number of anilines is 2. The molecule has 1 aliphatic heterocycles. The van der Waals surface area contributed by atoms with Crippen LogP contribution in [0.2, 0.25) is 0 Å². The van der Waals surface area contributed by atoms with Crippen molar-refractivity contribution in [3.63, 3.8) is 0 Å². The zero-order valence-electron chi connectivity index (χ0n) is 16.1. The predicted octanol–water partition coefficient (Wildman–Crippen LogP) is 3.25. The molecular formula is C21H26N4O2. The van der Waals surface area contributed by atoms with Crippen LogP contribution in [0.25, 0.3) is 0 Å². The lowest BCUT2D eigenvalue weighted by Crippen LogP contribution is -2.50. The maximum atomic E-state index is 12.7. The van der Waals surface area contributed by atoms with Gasteiger partial charge in [0.1, 0.15) is 5.82 Å². The van der Waals surface area contributed by atoms with Crippen molar-refractivity contribution in [3.05, 3.63) is 53.7 Å². The van der Waals surface area contributed by atoms with Crippen molar-refractivity contribution in [1.82, 2.24) is 14.8 Å². The number of rotatable bonds is 4. The van der Waals surface area contributed by atoms with Crippen LogP contribution in [0.4, 0.5) is 11.5 Å². The lowest BCUT2D eigenvalue weighted by Gasteiger charge is -2.34. The first-order valence-electron chi connectivity index (χ1n) is 9.32. The van der Waals surface area contributed by atoms with E-state index in [1.165, 1.54) is 5.56 Å². The number of piperazine rings is 1. The number of nitrogens with one attached hydrogen (secondary N) is 1. The SMILES string of the molecule is CC(=O)N1CCN(C(=O)c2ccc(Nc3ccccc3C(C)C)nc2)CC1. The fourth-order valence-corrected chi connectivity index (χ4v) is 3.25. The molecule has 2 heterocycles. The van der Waals surface area contributed by atoms with Crippen molar-refractivity contribution in [1.29, 1.82) is 0 Å². The van der Waals surface area contributed by atoms with E-state index in [9.17, 15) is 9.59 Å². The van der Waals surface area contributed by atoms with Gasteiger partial charge in [0.2, 0.25) is 5.91 Å². The highest BCUT2D eigenvalue weighted by Crippen LogP contribution is 2.26. The van der Waals surface area contributed by atoms with Crippen LogP contribution >= 0.6 is 0 Å². The Morgan fingerprint density at radius 2 is 1.67 bits per heavy atom. The van der Waals surface area contributed by atoms with Crippen LogP contribution in [0, 0.1) is 0 Å². The number of aromatic nitrogens is 1. The Balaban J connectivity index is 1.66. The lowest BCUT2D eigenvalue weighted by molar-refractivity contribution is -0.130. The molecule has 6 nitrogen and oxygen atoms in total. The number of amides is 2. The Morgan fingerprint density at radius 3 is 2.26 bits per heavy atom. The molecule has 3 rings (SSSR count). The van der Waals surface area contributed by atoms with Gasteiger partial charge in [-0.2, -0.15) is 0 Å². The minimum Gasteiger partial charge on any atom is -0.340 e. The second-order valence-corrected chi connectivity index (χ2v) is 7.10. The smallest absolute Gasteiger partial charge is 0.255 e. The van der Waals surface area contributed by atoms with Gasteiger partial charge in [-0.25, -0.2) is 4.98 Å². The molecule has 0 aliphatic carbocycles. The minimum absolute atomic E-state index is 0.0418. The van der Waals surface area contributed by atoms with E-state index >= 15 is 0 Å². The molecule has 1 aromatic carbocycles. The summed E-state index contributed by atoms with van der Waals surface area (Å²) in [5.74, 6) is 1.13. The molecule has 142 valence electrons. The van der Waals surface area contributed by atoms with Crippen LogP contribution in [-0.4, -0.2) is 52.8 Å². The Hall–Kier alpha value is -2.89. The summed E-state index contributed by atoms with van der Waals surface area (Å²) in [5, 5.41) is 3.34. The first kappa shape index (κ1) is 18.9. The molecular weight excluding hydrogens is 340 g/mol. The van der Waals surface area contributed by atoms with E-state index in [4.69, 9.17) is 0 Å². The second-order valence-electron chi connectivity index (χ2n) is 7.10. The Kier molecular flexibility index (Phi) is 5.74. The van der Waals surface area contributed by atoms with Gasteiger partial charge in [0.25, 0.3) is 5.91 Å². The van der Waals surface area contributed by atoms with E-state index in [-0.39, 0.29) is 11.8 Å². The van der Waals surface area contributed by atoms with Gasteiger partial charge in [-0.3, -0.25) is 9.59 Å². The third-order valence-corrected chi connectivity index (χ3v) is 4.87. The molecule has 1 fully saturated rings. The van der Waals surface area contributed by atoms with E-state index in [0.29, 0.717) is 43.5 Å². The minimum atomic E-state index is -0.0418. The van der Waals surface area contributed by atoms with Crippen molar-refractivity contribution >= 4 is 23.3 Å². The summed E-state index contributed by atoms with van der Waals surface area (Å²) in [6.45, 7) is 8.15. The third-order valence-electron chi connectivity index (χ3n) is 4.87. The molecule has 0 radical (unpaired) electrons. The number of hydrogen-bond donors (Lipinski definition) is 1. The second kappa shape index (κ2) is 8.20. The number of nitrogens with zero attached hydrogens (tertiary/aromatic N) is 3. The molecule has 0 saturated carbocycles. The average molecular weight is 366 g/mol. The topological polar surface area (TPSA) is 65.5 Å². The zero-order valence-corrected chi connectivity index (χ0v) is 16.1. The Labute approximate surface area is 160 Å². The number of carbonyl (C=O) groups excluding carboxylic acids is 2. The van der Waals surface area contributed by atoms with Crippen LogP contribution in [0.1, 0.15) is 42.6 Å². The van der Waals surface area contributed by atoms with E-state index in [0.717, 1.165) is 5.69 Å². The molecule has 1 N–H and O–H groups in total. The van der Waals surface area contributed by atoms with Crippen molar-refractivity contribution in [3.8, 4) is 0 Å². The van der Waals surface area contributed by atoms with Crippen LogP contribution in [0.3, 0.4) is 0 Å². The number of carbonyl (C=O) groups is 2. The molecule has 0 bridgehead atoms. The van der Waals surface area contributed by atoms with E-state index in [1.54, 1.807) is 29.0 Å². The molecule has 0 atom stereocenters. The van der Waals surface area contributed by atoms with Gasteiger partial charge in [-0.05, 0) is 29.7 Å². The fourth-order valence-electron chi connectivity index (χ4n) is 3.25. The van der Waals surface area contributed by atoms with E-state index in [1.807, 2.05) is 24.3 Å². The number of hydrogen-bond acceptors (Lipinski definition) is 4. The summed E-state index contributed by atoms with van der Waals surface area (Å²) in [5.41, 5.74) is 2.82. The summed E-state index contributed by atoms with van der Waals surface area (Å²) < 4.78 is 0. The van der Waals surface area contributed by atoms with Gasteiger partial charge in [0, 0.05) is 45.0 Å². The highest BCUT2D eigenvalue weighted by Gasteiger charge is 2.23. The zero-order chi connectivity index (χ0) is 19.4. The van der Waals surface area contributed by atoms with E-state index in [2.05, 4.69) is 30.2 Å². The fraction of sp³-hybridized carbons (Fsp3) is 0.381. The largest absolute Gasteiger partial charge is 0.340 e. The molecule has 1 aliphatic rings. The monoisotopic (exact) mass is 366 g/mol. The summed E-state index contributed by atoms with van der Waals surface area (Å²) >= 11 is 0. The summed E-state index contributed by atoms with van der Waals surface area (Å²) in [6.07, 6.45) is 1.61. The van der Waals surface area contributed by atoms with Crippen LogP contribution < -0.4 is 5.32 Å². The summed E-state index contributed by atoms with van der Waals surface area (Å²) in [6, 6.07) is 11.8. The quantitative estimate of drug-likeness (QED) is 0.902. The van der Waals surface area contributed by atoms with Crippen LogP contribution in [0.15, 0.2) is 42.6 Å². The number of pyridine rings is 1. The van der Waals surface area contributed by atoms with Gasteiger partial charge in [-0.15, -0.1) is 0 Å². The highest BCUT2D eigenvalue weighted by atomic mass is 16.2. The molecule has 0 spiro atoms. The molecule has 6 heteroatoms. The Morgan fingerprint density at radius 1 is 1.00 bits per heavy atom. The van der Waals surface area contributed by atoms with Crippen molar-refractivity contribution in [2.75, 3.05) is 31.5 Å². The van der Waals surface area contributed by atoms with Crippen molar-refractivity contribution in [2.24, 2.45) is 0 Å². The average Bonchev–Trinajstić information content (AvgIpc) is 2.68. The van der Waals surface area contributed by atoms with Crippen molar-refractivity contribution in [2.45, 2.75) is 26.7 Å².